The summed E-state index contributed by atoms with van der Waals surface area (Å²) in [4.78, 5) is 7.41. The Morgan fingerprint density at radius 3 is 2.59 bits per heavy atom. The first kappa shape index (κ1) is 10.2. The molecule has 3 rings (SSSR count). The van der Waals surface area contributed by atoms with Gasteiger partial charge in [-0.25, -0.2) is 4.98 Å². The van der Waals surface area contributed by atoms with Gasteiger partial charge in [0, 0.05) is 17.3 Å². The number of nitrogens with one attached hydrogen (secondary N) is 1. The molecular weight excluding hydrogens is 236 g/mol. The highest BCUT2D eigenvalue weighted by atomic mass is 35.5. The molecule has 0 saturated heterocycles. The number of hydrogen-bond acceptors (Lipinski definition) is 2. The Balaban J connectivity index is 2.18. The van der Waals surface area contributed by atoms with Crippen LogP contribution in [0.25, 0.3) is 22.3 Å². The Kier molecular flexibility index (Phi) is 2.27. The standard InChI is InChI=1S/C13H9ClN2O/c14-11-5-6-15-13-10(11)7-12(16-13)8-1-3-9(17)4-2-8/h1-7,17H,(H,15,16). The Morgan fingerprint density at radius 2 is 1.88 bits per heavy atom. The zero-order valence-electron chi connectivity index (χ0n) is 8.81. The van der Waals surface area contributed by atoms with E-state index in [0.717, 1.165) is 22.3 Å². The summed E-state index contributed by atoms with van der Waals surface area (Å²) in [6, 6.07) is 10.7. The van der Waals surface area contributed by atoms with Crippen LogP contribution in [0.1, 0.15) is 0 Å². The van der Waals surface area contributed by atoms with E-state index in [9.17, 15) is 5.11 Å². The van der Waals surface area contributed by atoms with Gasteiger partial charge in [-0.2, -0.15) is 0 Å². The second-order valence-electron chi connectivity index (χ2n) is 3.78. The average molecular weight is 245 g/mol. The third-order valence-electron chi connectivity index (χ3n) is 2.66. The number of halogens is 1. The minimum absolute atomic E-state index is 0.251. The highest BCUT2D eigenvalue weighted by molar-refractivity contribution is 6.35. The first-order valence-electron chi connectivity index (χ1n) is 5.17. The summed E-state index contributed by atoms with van der Waals surface area (Å²) in [7, 11) is 0. The minimum atomic E-state index is 0.251. The maximum atomic E-state index is 9.24. The molecule has 2 aromatic heterocycles. The summed E-state index contributed by atoms with van der Waals surface area (Å²) in [5, 5.41) is 10.8. The zero-order chi connectivity index (χ0) is 11.8. The lowest BCUT2D eigenvalue weighted by Gasteiger charge is -1.97. The largest absolute Gasteiger partial charge is 0.508 e. The number of aromatic nitrogens is 2. The predicted molar refractivity (Wildman–Crippen MR) is 68.2 cm³/mol. The van der Waals surface area contributed by atoms with E-state index in [2.05, 4.69) is 9.97 Å². The van der Waals surface area contributed by atoms with Crippen molar-refractivity contribution in [1.29, 1.82) is 0 Å². The predicted octanol–water partition coefficient (Wildman–Crippen LogP) is 3.59. The lowest BCUT2D eigenvalue weighted by Crippen LogP contribution is -1.77. The fourth-order valence-corrected chi connectivity index (χ4v) is 1.99. The summed E-state index contributed by atoms with van der Waals surface area (Å²) >= 11 is 6.08. The lowest BCUT2D eigenvalue weighted by atomic mass is 10.1. The van der Waals surface area contributed by atoms with E-state index in [-0.39, 0.29) is 5.75 Å². The Labute approximate surface area is 103 Å². The van der Waals surface area contributed by atoms with E-state index in [1.807, 2.05) is 18.2 Å². The van der Waals surface area contributed by atoms with Crippen molar-refractivity contribution in [3.05, 3.63) is 47.6 Å². The number of hydrogen-bond donors (Lipinski definition) is 2. The summed E-state index contributed by atoms with van der Waals surface area (Å²) in [6.07, 6.45) is 1.67. The van der Waals surface area contributed by atoms with Gasteiger partial charge in [0.1, 0.15) is 11.4 Å². The fourth-order valence-electron chi connectivity index (χ4n) is 1.79. The Bertz CT molecular complexity index is 673. The van der Waals surface area contributed by atoms with E-state index >= 15 is 0 Å². The van der Waals surface area contributed by atoms with Crippen molar-refractivity contribution in [2.24, 2.45) is 0 Å². The van der Waals surface area contributed by atoms with Gasteiger partial charge in [-0.1, -0.05) is 11.6 Å². The number of phenols is 1. The summed E-state index contributed by atoms with van der Waals surface area (Å²) in [5.41, 5.74) is 2.68. The van der Waals surface area contributed by atoms with Gasteiger partial charge in [0.25, 0.3) is 0 Å². The first-order valence-corrected chi connectivity index (χ1v) is 5.54. The third-order valence-corrected chi connectivity index (χ3v) is 2.99. The molecule has 4 heteroatoms. The third kappa shape index (κ3) is 1.74. The van der Waals surface area contributed by atoms with E-state index in [1.54, 1.807) is 24.4 Å². The molecule has 0 aliphatic heterocycles. The van der Waals surface area contributed by atoms with Crippen molar-refractivity contribution in [1.82, 2.24) is 9.97 Å². The number of aromatic hydroxyl groups is 1. The quantitative estimate of drug-likeness (QED) is 0.687. The molecule has 0 atom stereocenters. The van der Waals surface area contributed by atoms with Crippen LogP contribution >= 0.6 is 11.6 Å². The highest BCUT2D eigenvalue weighted by Crippen LogP contribution is 2.28. The number of phenolic OH excluding ortho intramolecular Hbond substituents is 1. The van der Waals surface area contributed by atoms with E-state index < -0.39 is 0 Å². The molecule has 84 valence electrons. The molecule has 2 N–H and O–H groups in total. The van der Waals surface area contributed by atoms with Gasteiger partial charge in [0.2, 0.25) is 0 Å². The van der Waals surface area contributed by atoms with Crippen LogP contribution in [-0.2, 0) is 0 Å². The topological polar surface area (TPSA) is 48.9 Å². The first-order chi connectivity index (χ1) is 8.24. The Morgan fingerprint density at radius 1 is 1.12 bits per heavy atom. The van der Waals surface area contributed by atoms with Crippen LogP contribution < -0.4 is 0 Å². The molecule has 3 aromatic rings. The second-order valence-corrected chi connectivity index (χ2v) is 4.19. The number of benzene rings is 1. The molecule has 2 heterocycles. The molecule has 0 bridgehead atoms. The number of fused-ring (bicyclic) bond motifs is 1. The number of aromatic amines is 1. The van der Waals surface area contributed by atoms with Crippen molar-refractivity contribution in [2.75, 3.05) is 0 Å². The SMILES string of the molecule is Oc1ccc(-c2cc3c(Cl)ccnc3[nH]2)cc1. The maximum Gasteiger partial charge on any atom is 0.139 e. The van der Waals surface area contributed by atoms with Crippen LogP contribution in [0.4, 0.5) is 0 Å². The van der Waals surface area contributed by atoms with E-state index in [4.69, 9.17) is 11.6 Å². The van der Waals surface area contributed by atoms with Crippen molar-refractivity contribution in [3.8, 4) is 17.0 Å². The van der Waals surface area contributed by atoms with Gasteiger partial charge in [-0.15, -0.1) is 0 Å². The van der Waals surface area contributed by atoms with Crippen molar-refractivity contribution < 1.29 is 5.11 Å². The zero-order valence-corrected chi connectivity index (χ0v) is 9.57. The summed E-state index contributed by atoms with van der Waals surface area (Å²) < 4.78 is 0. The van der Waals surface area contributed by atoms with E-state index in [1.165, 1.54) is 0 Å². The molecule has 0 spiro atoms. The second kappa shape index (κ2) is 3.79. The molecule has 0 unspecified atom stereocenters. The molecular formula is C13H9ClN2O. The van der Waals surface area contributed by atoms with Crippen LogP contribution in [0.15, 0.2) is 42.6 Å². The molecule has 1 aromatic carbocycles. The summed E-state index contributed by atoms with van der Waals surface area (Å²) in [5.74, 6) is 0.251. The number of pyridine rings is 1. The molecule has 0 fully saturated rings. The fraction of sp³-hybridized carbons (Fsp3) is 0. The molecule has 0 saturated carbocycles. The van der Waals surface area contributed by atoms with Crippen LogP contribution in [0, 0.1) is 0 Å². The highest BCUT2D eigenvalue weighted by Gasteiger charge is 2.06. The molecule has 17 heavy (non-hydrogen) atoms. The maximum absolute atomic E-state index is 9.24. The van der Waals surface area contributed by atoms with Gasteiger partial charge < -0.3 is 10.1 Å². The van der Waals surface area contributed by atoms with Crippen LogP contribution in [0.5, 0.6) is 5.75 Å². The lowest BCUT2D eigenvalue weighted by molar-refractivity contribution is 0.475. The van der Waals surface area contributed by atoms with Crippen molar-refractivity contribution in [2.45, 2.75) is 0 Å². The molecule has 0 aliphatic carbocycles. The average Bonchev–Trinajstić information content (AvgIpc) is 2.75. The monoisotopic (exact) mass is 244 g/mol. The Hall–Kier alpha value is -2.00. The smallest absolute Gasteiger partial charge is 0.139 e. The van der Waals surface area contributed by atoms with Crippen LogP contribution in [0.2, 0.25) is 5.02 Å². The number of rotatable bonds is 1. The summed E-state index contributed by atoms with van der Waals surface area (Å²) in [6.45, 7) is 0. The van der Waals surface area contributed by atoms with Gasteiger partial charge in [-0.3, -0.25) is 0 Å². The molecule has 0 amide bonds. The molecule has 3 nitrogen and oxygen atoms in total. The molecule has 0 aliphatic rings. The number of H-pyrrole nitrogens is 1. The van der Waals surface area contributed by atoms with E-state index in [0.29, 0.717) is 5.02 Å². The number of nitrogens with zero attached hydrogens (tertiary/aromatic N) is 1. The van der Waals surface area contributed by atoms with Crippen molar-refractivity contribution in [3.63, 3.8) is 0 Å². The van der Waals surface area contributed by atoms with Crippen LogP contribution in [-0.4, -0.2) is 15.1 Å². The van der Waals surface area contributed by atoms with Gasteiger partial charge in [0.05, 0.1) is 5.02 Å². The van der Waals surface area contributed by atoms with Gasteiger partial charge in [-0.05, 0) is 42.0 Å². The van der Waals surface area contributed by atoms with Crippen molar-refractivity contribution >= 4 is 22.6 Å². The normalized spacial score (nSPS) is 10.9. The van der Waals surface area contributed by atoms with Gasteiger partial charge >= 0.3 is 0 Å². The minimum Gasteiger partial charge on any atom is -0.508 e. The molecule has 0 radical (unpaired) electrons. The van der Waals surface area contributed by atoms with Gasteiger partial charge in [0.15, 0.2) is 0 Å². The van der Waals surface area contributed by atoms with Crippen LogP contribution in [0.3, 0.4) is 0 Å².